The van der Waals surface area contributed by atoms with Gasteiger partial charge in [-0.2, -0.15) is 8.78 Å². The zero-order chi connectivity index (χ0) is 23.1. The van der Waals surface area contributed by atoms with Gasteiger partial charge in [0.1, 0.15) is 0 Å². The molecule has 2 N–H and O–H groups in total. The van der Waals surface area contributed by atoms with E-state index in [-0.39, 0.29) is 23.3 Å². The summed E-state index contributed by atoms with van der Waals surface area (Å²) in [7, 11) is -3.57. The van der Waals surface area contributed by atoms with Crippen molar-refractivity contribution in [2.24, 2.45) is 5.92 Å². The second-order valence-corrected chi connectivity index (χ2v) is 10.7. The highest BCUT2D eigenvalue weighted by Crippen LogP contribution is 2.26. The van der Waals surface area contributed by atoms with E-state index < -0.39 is 15.8 Å². The lowest BCUT2D eigenvalue weighted by molar-refractivity contribution is -0.117. The van der Waals surface area contributed by atoms with Gasteiger partial charge >= 0.3 is 0 Å². The van der Waals surface area contributed by atoms with Gasteiger partial charge in [-0.25, -0.2) is 13.1 Å². The summed E-state index contributed by atoms with van der Waals surface area (Å²) in [5.74, 6) is -2.56. The molecule has 0 saturated carbocycles. The van der Waals surface area contributed by atoms with Gasteiger partial charge in [-0.3, -0.25) is 9.69 Å². The molecule has 32 heavy (non-hydrogen) atoms. The summed E-state index contributed by atoms with van der Waals surface area (Å²) in [6.07, 6.45) is 1.77. The number of nitrogens with zero attached hydrogens (tertiary/aromatic N) is 1. The van der Waals surface area contributed by atoms with Crippen LogP contribution >= 0.6 is 11.8 Å². The Bertz CT molecular complexity index is 1000. The molecule has 1 heterocycles. The lowest BCUT2D eigenvalue weighted by Crippen LogP contribution is -2.43. The standard InChI is InChI=1S/C22H27F2N3O3S2/c1-16-4-10-20(11-5-16)32(29,30)25-13-17-3-2-12-27(14-17)15-21(28)26-18-6-8-19(9-7-18)31-22(23)24/h4-11,17,22,25H,2-3,12-15H2,1H3,(H,26,28). The zero-order valence-corrected chi connectivity index (χ0v) is 19.4. The lowest BCUT2D eigenvalue weighted by Gasteiger charge is -2.32. The van der Waals surface area contributed by atoms with Crippen LogP contribution in [0.4, 0.5) is 14.5 Å². The Kier molecular flexibility index (Phi) is 8.64. The van der Waals surface area contributed by atoms with Crippen LogP contribution in [0.2, 0.25) is 0 Å². The van der Waals surface area contributed by atoms with Crippen molar-refractivity contribution in [1.29, 1.82) is 0 Å². The van der Waals surface area contributed by atoms with E-state index >= 15 is 0 Å². The number of carbonyl (C=O) groups excluding carboxylic acids is 1. The van der Waals surface area contributed by atoms with Crippen LogP contribution in [0.25, 0.3) is 0 Å². The second kappa shape index (κ2) is 11.2. The molecule has 2 aromatic carbocycles. The van der Waals surface area contributed by atoms with Gasteiger partial charge in [-0.05, 0) is 68.6 Å². The summed E-state index contributed by atoms with van der Waals surface area (Å²) in [5, 5.41) is 2.78. The van der Waals surface area contributed by atoms with Gasteiger partial charge in [-0.1, -0.05) is 29.5 Å². The molecule has 0 spiro atoms. The van der Waals surface area contributed by atoms with E-state index in [0.717, 1.165) is 24.9 Å². The third kappa shape index (κ3) is 7.54. The first kappa shape index (κ1) is 24.6. The van der Waals surface area contributed by atoms with E-state index in [9.17, 15) is 22.0 Å². The fourth-order valence-electron chi connectivity index (χ4n) is 3.61. The smallest absolute Gasteiger partial charge is 0.288 e. The third-order valence-corrected chi connectivity index (χ3v) is 7.39. The molecule has 1 saturated heterocycles. The molecule has 10 heteroatoms. The van der Waals surface area contributed by atoms with E-state index in [1.54, 1.807) is 48.5 Å². The number of rotatable bonds is 9. The number of benzene rings is 2. The number of alkyl halides is 2. The second-order valence-electron chi connectivity index (χ2n) is 7.86. The maximum absolute atomic E-state index is 12.5. The van der Waals surface area contributed by atoms with Crippen molar-refractivity contribution in [1.82, 2.24) is 9.62 Å². The number of thioether (sulfide) groups is 1. The van der Waals surface area contributed by atoms with Crippen LogP contribution in [0.1, 0.15) is 18.4 Å². The van der Waals surface area contributed by atoms with Crippen molar-refractivity contribution in [2.45, 2.75) is 35.3 Å². The summed E-state index contributed by atoms with van der Waals surface area (Å²) in [5.41, 5.74) is 1.54. The van der Waals surface area contributed by atoms with Crippen molar-refractivity contribution < 1.29 is 22.0 Å². The fourth-order valence-corrected chi connectivity index (χ4v) is 5.23. The quantitative estimate of drug-likeness (QED) is 0.529. The Balaban J connectivity index is 1.47. The average molecular weight is 484 g/mol. The first-order valence-corrected chi connectivity index (χ1v) is 12.7. The molecule has 3 rings (SSSR count). The number of anilines is 1. The van der Waals surface area contributed by atoms with Gasteiger partial charge in [0.15, 0.2) is 0 Å². The predicted octanol–water partition coefficient (Wildman–Crippen LogP) is 3.94. The highest BCUT2D eigenvalue weighted by molar-refractivity contribution is 7.99. The molecule has 0 aromatic heterocycles. The predicted molar refractivity (Wildman–Crippen MR) is 122 cm³/mol. The number of amides is 1. The van der Waals surface area contributed by atoms with E-state index in [4.69, 9.17) is 0 Å². The molecular weight excluding hydrogens is 456 g/mol. The van der Waals surface area contributed by atoms with Crippen LogP contribution in [0, 0.1) is 12.8 Å². The zero-order valence-electron chi connectivity index (χ0n) is 17.8. The van der Waals surface area contributed by atoms with E-state index in [1.807, 2.05) is 11.8 Å². The minimum atomic E-state index is -3.57. The molecule has 0 bridgehead atoms. The summed E-state index contributed by atoms with van der Waals surface area (Å²) in [4.78, 5) is 15.1. The molecule has 174 valence electrons. The van der Waals surface area contributed by atoms with Gasteiger partial charge < -0.3 is 5.32 Å². The summed E-state index contributed by atoms with van der Waals surface area (Å²) in [6.45, 7) is 3.79. The highest BCUT2D eigenvalue weighted by atomic mass is 32.2. The molecule has 1 amide bonds. The van der Waals surface area contributed by atoms with Gasteiger partial charge in [0.25, 0.3) is 5.76 Å². The minimum absolute atomic E-state index is 0.113. The minimum Gasteiger partial charge on any atom is -0.325 e. The van der Waals surface area contributed by atoms with Crippen LogP contribution < -0.4 is 10.0 Å². The Hall–Kier alpha value is -2.01. The van der Waals surface area contributed by atoms with Crippen LogP contribution in [-0.4, -0.2) is 51.2 Å². The molecule has 1 aliphatic rings. The molecule has 1 fully saturated rings. The van der Waals surface area contributed by atoms with Crippen molar-refractivity contribution in [2.75, 3.05) is 31.5 Å². The fraction of sp³-hybridized carbons (Fsp3) is 0.409. The summed E-state index contributed by atoms with van der Waals surface area (Å²) >= 11 is 0.457. The molecule has 1 unspecified atom stereocenters. The van der Waals surface area contributed by atoms with Crippen molar-refractivity contribution in [3.8, 4) is 0 Å². The number of sulfonamides is 1. The van der Waals surface area contributed by atoms with Crippen LogP contribution in [-0.2, 0) is 14.8 Å². The highest BCUT2D eigenvalue weighted by Gasteiger charge is 2.24. The van der Waals surface area contributed by atoms with E-state index in [0.29, 0.717) is 35.4 Å². The Labute approximate surface area is 191 Å². The Morgan fingerprint density at radius 3 is 2.50 bits per heavy atom. The topological polar surface area (TPSA) is 78.5 Å². The van der Waals surface area contributed by atoms with Gasteiger partial charge in [0.05, 0.1) is 11.4 Å². The number of carbonyl (C=O) groups is 1. The van der Waals surface area contributed by atoms with Crippen LogP contribution in [0.15, 0.2) is 58.3 Å². The Morgan fingerprint density at radius 1 is 1.16 bits per heavy atom. The third-order valence-electron chi connectivity index (χ3n) is 5.23. The molecule has 1 aliphatic heterocycles. The molecule has 1 atom stereocenters. The first-order valence-electron chi connectivity index (χ1n) is 10.3. The molecule has 6 nitrogen and oxygen atoms in total. The summed E-state index contributed by atoms with van der Waals surface area (Å²) < 4.78 is 52.5. The van der Waals surface area contributed by atoms with Crippen molar-refractivity contribution in [3.63, 3.8) is 0 Å². The van der Waals surface area contributed by atoms with E-state index in [1.165, 1.54) is 0 Å². The summed E-state index contributed by atoms with van der Waals surface area (Å²) in [6, 6.07) is 13.0. The lowest BCUT2D eigenvalue weighted by atomic mass is 9.98. The number of hydrogen-bond acceptors (Lipinski definition) is 5. The number of likely N-dealkylation sites (tertiary alicyclic amines) is 1. The SMILES string of the molecule is Cc1ccc(S(=O)(=O)NCC2CCCN(CC(=O)Nc3ccc(SC(F)F)cc3)C2)cc1. The van der Waals surface area contributed by atoms with Crippen LogP contribution in [0.5, 0.6) is 0 Å². The van der Waals surface area contributed by atoms with Crippen molar-refractivity contribution >= 4 is 33.4 Å². The average Bonchev–Trinajstić information content (AvgIpc) is 2.74. The van der Waals surface area contributed by atoms with Gasteiger partial charge in [0.2, 0.25) is 15.9 Å². The van der Waals surface area contributed by atoms with Crippen molar-refractivity contribution in [3.05, 3.63) is 54.1 Å². The van der Waals surface area contributed by atoms with E-state index in [2.05, 4.69) is 10.0 Å². The molecule has 0 radical (unpaired) electrons. The first-order chi connectivity index (χ1) is 15.2. The van der Waals surface area contributed by atoms with Gasteiger partial charge in [-0.15, -0.1) is 0 Å². The molecule has 0 aliphatic carbocycles. The number of halogens is 2. The number of hydrogen-bond donors (Lipinski definition) is 2. The maximum Gasteiger partial charge on any atom is 0.288 e. The van der Waals surface area contributed by atoms with Gasteiger partial charge in [0, 0.05) is 23.7 Å². The number of aryl methyl sites for hydroxylation is 1. The molecule has 2 aromatic rings. The van der Waals surface area contributed by atoms with Crippen LogP contribution in [0.3, 0.4) is 0 Å². The normalized spacial score (nSPS) is 17.4. The Morgan fingerprint density at radius 2 is 1.84 bits per heavy atom. The monoisotopic (exact) mass is 483 g/mol. The maximum atomic E-state index is 12.5. The number of piperidine rings is 1. The largest absolute Gasteiger partial charge is 0.325 e. The molecular formula is C22H27F2N3O3S2. The number of nitrogens with one attached hydrogen (secondary N) is 2.